The molecule has 7 heteroatoms. The number of nitrogens with zero attached hydrogens (tertiary/aromatic N) is 5. The standard InChI is InChI=1S/C28H23N5O2/c1-19-7-3-4-8-23(19)33-28(34)22-18-31(24-9-5-10-25(35-2)26(24)27(22)30-33)17-20-11-13-21(14-12-20)32-16-6-15-29-32/h3-16,18H,17H2,1-2H3. The normalized spacial score (nSPS) is 11.4. The number of methoxy groups -OCH3 is 1. The summed E-state index contributed by atoms with van der Waals surface area (Å²) in [5.74, 6) is 0.685. The van der Waals surface area contributed by atoms with Gasteiger partial charge in [-0.15, -0.1) is 0 Å². The van der Waals surface area contributed by atoms with E-state index in [1.54, 1.807) is 13.3 Å². The van der Waals surface area contributed by atoms with Gasteiger partial charge in [0.05, 0.1) is 35.0 Å². The molecule has 0 unspecified atom stereocenters. The average Bonchev–Trinajstić information content (AvgIpc) is 3.53. The lowest BCUT2D eigenvalue weighted by Gasteiger charge is -2.16. The second-order valence-electron chi connectivity index (χ2n) is 8.49. The first-order valence-corrected chi connectivity index (χ1v) is 11.4. The van der Waals surface area contributed by atoms with Gasteiger partial charge in [0.25, 0.3) is 5.56 Å². The van der Waals surface area contributed by atoms with Crippen LogP contribution in [-0.4, -0.2) is 31.2 Å². The molecule has 0 aliphatic carbocycles. The third kappa shape index (κ3) is 3.49. The van der Waals surface area contributed by atoms with E-state index in [-0.39, 0.29) is 5.56 Å². The minimum atomic E-state index is -0.148. The molecule has 0 atom stereocenters. The lowest BCUT2D eigenvalue weighted by atomic mass is 10.1. The Balaban J connectivity index is 1.53. The molecule has 35 heavy (non-hydrogen) atoms. The lowest BCUT2D eigenvalue weighted by Crippen LogP contribution is -2.16. The molecule has 2 aliphatic rings. The summed E-state index contributed by atoms with van der Waals surface area (Å²) in [6, 6.07) is 23.8. The summed E-state index contributed by atoms with van der Waals surface area (Å²) >= 11 is 0. The SMILES string of the molecule is COc1cccc2c1c1nn(-c3ccccc3C)c(=O)c-1cn2Cc1ccc(-n2cccn2)cc1. The summed E-state index contributed by atoms with van der Waals surface area (Å²) in [7, 11) is 1.64. The molecule has 4 aromatic rings. The maximum absolute atomic E-state index is 13.5. The minimum Gasteiger partial charge on any atom is -0.496 e. The van der Waals surface area contributed by atoms with E-state index in [2.05, 4.69) is 21.8 Å². The second kappa shape index (κ2) is 8.29. The Morgan fingerprint density at radius 2 is 1.77 bits per heavy atom. The van der Waals surface area contributed by atoms with E-state index < -0.39 is 0 Å². The Bertz CT molecular complexity index is 1680. The smallest absolute Gasteiger partial charge is 0.282 e. The zero-order valence-electron chi connectivity index (χ0n) is 19.4. The first-order chi connectivity index (χ1) is 17.1. The van der Waals surface area contributed by atoms with Gasteiger partial charge >= 0.3 is 0 Å². The second-order valence-corrected chi connectivity index (χ2v) is 8.49. The van der Waals surface area contributed by atoms with Crippen LogP contribution in [0.5, 0.6) is 5.75 Å². The largest absolute Gasteiger partial charge is 0.496 e. The zero-order valence-corrected chi connectivity index (χ0v) is 19.4. The molecule has 3 heterocycles. The first-order valence-electron chi connectivity index (χ1n) is 11.4. The van der Waals surface area contributed by atoms with E-state index in [1.165, 1.54) is 4.68 Å². The van der Waals surface area contributed by atoms with Crippen LogP contribution in [0.15, 0.2) is 96.2 Å². The average molecular weight is 462 g/mol. The van der Waals surface area contributed by atoms with Gasteiger partial charge in [-0.2, -0.15) is 14.9 Å². The van der Waals surface area contributed by atoms with Crippen LogP contribution >= 0.6 is 0 Å². The summed E-state index contributed by atoms with van der Waals surface area (Å²) in [4.78, 5) is 13.5. The number of hydrogen-bond donors (Lipinski definition) is 0. The van der Waals surface area contributed by atoms with Gasteiger partial charge in [0.1, 0.15) is 11.4 Å². The van der Waals surface area contributed by atoms with Crippen molar-refractivity contribution < 1.29 is 4.74 Å². The quantitative estimate of drug-likeness (QED) is 0.368. The van der Waals surface area contributed by atoms with Gasteiger partial charge in [-0.05, 0) is 54.4 Å². The Morgan fingerprint density at radius 1 is 0.943 bits per heavy atom. The van der Waals surface area contributed by atoms with Crippen LogP contribution in [0, 0.1) is 6.92 Å². The molecule has 7 nitrogen and oxygen atoms in total. The van der Waals surface area contributed by atoms with Crippen LogP contribution < -0.4 is 10.3 Å². The molecule has 172 valence electrons. The lowest BCUT2D eigenvalue weighted by molar-refractivity contribution is 0.419. The number of pyridine rings is 1. The van der Waals surface area contributed by atoms with E-state index in [0.717, 1.165) is 33.4 Å². The van der Waals surface area contributed by atoms with E-state index in [1.807, 2.05) is 84.7 Å². The van der Waals surface area contributed by atoms with Crippen molar-refractivity contribution in [3.63, 3.8) is 0 Å². The van der Waals surface area contributed by atoms with Crippen molar-refractivity contribution in [2.75, 3.05) is 7.11 Å². The fraction of sp³-hybridized carbons (Fsp3) is 0.107. The third-order valence-electron chi connectivity index (χ3n) is 6.34. The number of hydrogen-bond acceptors (Lipinski definition) is 4. The molecule has 0 bridgehead atoms. The Morgan fingerprint density at radius 3 is 2.51 bits per heavy atom. The zero-order chi connectivity index (χ0) is 23.9. The predicted molar refractivity (Wildman–Crippen MR) is 136 cm³/mol. The summed E-state index contributed by atoms with van der Waals surface area (Å²) in [6.45, 7) is 2.57. The molecule has 0 fully saturated rings. The molecule has 0 radical (unpaired) electrons. The number of fused-ring (bicyclic) bond motifs is 3. The van der Waals surface area contributed by atoms with Crippen LogP contribution in [0.3, 0.4) is 0 Å². The molecule has 6 rings (SSSR count). The van der Waals surface area contributed by atoms with Gasteiger partial charge in [-0.3, -0.25) is 4.79 Å². The summed E-state index contributed by atoms with van der Waals surface area (Å²) in [5, 5.41) is 9.88. The number of aromatic nitrogens is 5. The Labute approximate surface area is 201 Å². The van der Waals surface area contributed by atoms with Crippen molar-refractivity contribution in [3.8, 4) is 28.4 Å². The molecule has 0 N–H and O–H groups in total. The van der Waals surface area contributed by atoms with Crippen LogP contribution in [0.1, 0.15) is 11.1 Å². The molecule has 0 saturated carbocycles. The molecular weight excluding hydrogens is 438 g/mol. The molecule has 0 amide bonds. The molecule has 0 spiro atoms. The van der Waals surface area contributed by atoms with Crippen molar-refractivity contribution in [1.29, 1.82) is 0 Å². The van der Waals surface area contributed by atoms with Crippen LogP contribution in [0.25, 0.3) is 33.5 Å². The third-order valence-corrected chi connectivity index (χ3v) is 6.34. The number of rotatable bonds is 5. The van der Waals surface area contributed by atoms with Crippen molar-refractivity contribution in [3.05, 3.63) is 113 Å². The predicted octanol–water partition coefficient (Wildman–Crippen LogP) is 4.84. The topological polar surface area (TPSA) is 66.9 Å². The first kappa shape index (κ1) is 20.9. The van der Waals surface area contributed by atoms with E-state index in [9.17, 15) is 4.79 Å². The highest BCUT2D eigenvalue weighted by Gasteiger charge is 2.23. The van der Waals surface area contributed by atoms with Crippen molar-refractivity contribution in [2.24, 2.45) is 0 Å². The molecule has 2 aliphatic heterocycles. The van der Waals surface area contributed by atoms with Gasteiger partial charge in [-0.25, -0.2) is 4.68 Å². The number of benzene rings is 3. The van der Waals surface area contributed by atoms with Crippen LogP contribution in [0.4, 0.5) is 0 Å². The molecule has 3 aromatic carbocycles. The number of para-hydroxylation sites is 1. The van der Waals surface area contributed by atoms with Gasteiger partial charge in [0.2, 0.25) is 0 Å². The van der Waals surface area contributed by atoms with Crippen LogP contribution in [0.2, 0.25) is 0 Å². The fourth-order valence-electron chi connectivity index (χ4n) is 4.58. The van der Waals surface area contributed by atoms with Crippen LogP contribution in [-0.2, 0) is 6.54 Å². The molecular formula is C28H23N5O2. The highest BCUT2D eigenvalue weighted by Crippen LogP contribution is 2.35. The monoisotopic (exact) mass is 461 g/mol. The van der Waals surface area contributed by atoms with Gasteiger partial charge < -0.3 is 9.30 Å². The van der Waals surface area contributed by atoms with E-state index in [0.29, 0.717) is 23.6 Å². The summed E-state index contributed by atoms with van der Waals surface area (Å²) < 4.78 is 11.1. The number of aryl methyl sites for hydroxylation is 1. The van der Waals surface area contributed by atoms with E-state index >= 15 is 0 Å². The maximum Gasteiger partial charge on any atom is 0.282 e. The molecule has 1 aromatic heterocycles. The van der Waals surface area contributed by atoms with Gasteiger partial charge in [-0.1, -0.05) is 36.4 Å². The maximum atomic E-state index is 13.5. The molecule has 0 saturated heterocycles. The highest BCUT2D eigenvalue weighted by molar-refractivity contribution is 5.98. The van der Waals surface area contributed by atoms with Gasteiger partial charge in [0, 0.05) is 25.1 Å². The number of ether oxygens (including phenoxy) is 1. The fourth-order valence-corrected chi connectivity index (χ4v) is 4.58. The van der Waals surface area contributed by atoms with Gasteiger partial charge in [0.15, 0.2) is 0 Å². The Kier molecular flexibility index (Phi) is 4.95. The van der Waals surface area contributed by atoms with Crippen molar-refractivity contribution >= 4 is 10.9 Å². The van der Waals surface area contributed by atoms with Crippen molar-refractivity contribution in [2.45, 2.75) is 13.5 Å². The Hall–Kier alpha value is -4.65. The summed E-state index contributed by atoms with van der Waals surface area (Å²) in [6.07, 6.45) is 5.58. The van der Waals surface area contributed by atoms with Crippen molar-refractivity contribution in [1.82, 2.24) is 24.1 Å². The highest BCUT2D eigenvalue weighted by atomic mass is 16.5. The minimum absolute atomic E-state index is 0.148. The van der Waals surface area contributed by atoms with E-state index in [4.69, 9.17) is 9.84 Å². The summed E-state index contributed by atoms with van der Waals surface area (Å²) in [5.41, 5.74) is 5.85.